The summed E-state index contributed by atoms with van der Waals surface area (Å²) in [5.74, 6) is 0.505. The Labute approximate surface area is 159 Å². The topological polar surface area (TPSA) is 90.1 Å². The number of anilines is 1. The summed E-state index contributed by atoms with van der Waals surface area (Å²) in [5.41, 5.74) is 1.97. The number of amides is 2. The van der Waals surface area contributed by atoms with Gasteiger partial charge in [-0.3, -0.25) is 4.79 Å². The molecular weight excluding hydrogens is 342 g/mol. The van der Waals surface area contributed by atoms with Crippen LogP contribution in [0.2, 0.25) is 0 Å². The smallest absolute Gasteiger partial charge is 0.319 e. The van der Waals surface area contributed by atoms with Crippen molar-refractivity contribution in [3.63, 3.8) is 0 Å². The number of carbonyl (C=O) groups is 1. The predicted molar refractivity (Wildman–Crippen MR) is 107 cm³/mol. The molecule has 1 aromatic heterocycles. The lowest BCUT2D eigenvalue weighted by molar-refractivity contribution is 0.157. The van der Waals surface area contributed by atoms with Crippen molar-refractivity contribution < 1.29 is 4.79 Å². The predicted octanol–water partition coefficient (Wildman–Crippen LogP) is 2.60. The molecule has 7 heteroatoms. The first-order chi connectivity index (χ1) is 13.0. The zero-order valence-corrected chi connectivity index (χ0v) is 16.1. The lowest BCUT2D eigenvalue weighted by Gasteiger charge is -2.37. The van der Waals surface area contributed by atoms with Gasteiger partial charge in [0.1, 0.15) is 5.82 Å². The Morgan fingerprint density at radius 2 is 2.19 bits per heavy atom. The number of H-pyrrole nitrogens is 1. The minimum atomic E-state index is -0.219. The molecule has 0 aliphatic carbocycles. The van der Waals surface area contributed by atoms with Gasteiger partial charge in [-0.25, -0.2) is 9.78 Å². The standard InChI is InChI=1S/C20H27N5O2/c1-4-15-12-18(26)24-19(21-15)14-7-5-8-16(11-14)22-20(27)23-17-9-6-10-25(3)13(17)2/h5,7-8,11-13,17H,4,6,9-10H2,1-3H3,(H,21,24,26)(H2,22,23,27). The highest BCUT2D eigenvalue weighted by Gasteiger charge is 2.26. The average Bonchev–Trinajstić information content (AvgIpc) is 2.65. The van der Waals surface area contributed by atoms with E-state index in [0.29, 0.717) is 24.0 Å². The van der Waals surface area contributed by atoms with E-state index in [1.54, 1.807) is 0 Å². The number of benzene rings is 1. The van der Waals surface area contributed by atoms with Crippen molar-refractivity contribution >= 4 is 11.7 Å². The Bertz CT molecular complexity index is 863. The third kappa shape index (κ3) is 4.74. The van der Waals surface area contributed by atoms with E-state index in [0.717, 1.165) is 30.6 Å². The van der Waals surface area contributed by atoms with Crippen LogP contribution in [0, 0.1) is 0 Å². The number of hydrogen-bond donors (Lipinski definition) is 3. The summed E-state index contributed by atoms with van der Waals surface area (Å²) in [6.07, 6.45) is 2.74. The van der Waals surface area contributed by atoms with Gasteiger partial charge in [0.2, 0.25) is 0 Å². The largest absolute Gasteiger partial charge is 0.334 e. The first-order valence-electron chi connectivity index (χ1n) is 9.44. The summed E-state index contributed by atoms with van der Waals surface area (Å²) < 4.78 is 0. The summed E-state index contributed by atoms with van der Waals surface area (Å²) in [6.45, 7) is 5.15. The van der Waals surface area contributed by atoms with Crippen LogP contribution < -0.4 is 16.2 Å². The van der Waals surface area contributed by atoms with Crippen molar-refractivity contribution in [2.75, 3.05) is 18.9 Å². The zero-order chi connectivity index (χ0) is 19.4. The number of hydrogen-bond acceptors (Lipinski definition) is 4. The summed E-state index contributed by atoms with van der Waals surface area (Å²) in [6, 6.07) is 9.05. The molecule has 1 fully saturated rings. The molecule has 7 nitrogen and oxygen atoms in total. The third-order valence-corrected chi connectivity index (χ3v) is 5.17. The highest BCUT2D eigenvalue weighted by Crippen LogP contribution is 2.20. The fraction of sp³-hybridized carbons (Fsp3) is 0.450. The van der Waals surface area contributed by atoms with Crippen LogP contribution in [0.5, 0.6) is 0 Å². The second-order valence-corrected chi connectivity index (χ2v) is 7.09. The van der Waals surface area contributed by atoms with Gasteiger partial charge in [0, 0.05) is 35.1 Å². The fourth-order valence-electron chi connectivity index (χ4n) is 3.41. The van der Waals surface area contributed by atoms with Crippen LogP contribution in [-0.2, 0) is 6.42 Å². The molecule has 0 saturated carbocycles. The Morgan fingerprint density at radius 3 is 2.96 bits per heavy atom. The van der Waals surface area contributed by atoms with Crippen LogP contribution in [0.4, 0.5) is 10.5 Å². The molecule has 2 amide bonds. The van der Waals surface area contributed by atoms with E-state index in [2.05, 4.69) is 39.5 Å². The molecule has 1 aliphatic heterocycles. The summed E-state index contributed by atoms with van der Waals surface area (Å²) in [5, 5.41) is 5.96. The maximum atomic E-state index is 12.4. The van der Waals surface area contributed by atoms with Gasteiger partial charge < -0.3 is 20.5 Å². The average molecular weight is 369 g/mol. The molecule has 1 aliphatic rings. The summed E-state index contributed by atoms with van der Waals surface area (Å²) >= 11 is 0. The third-order valence-electron chi connectivity index (χ3n) is 5.17. The molecule has 0 radical (unpaired) electrons. The molecule has 3 N–H and O–H groups in total. The van der Waals surface area contributed by atoms with E-state index in [9.17, 15) is 9.59 Å². The number of urea groups is 1. The maximum Gasteiger partial charge on any atom is 0.319 e. The minimum absolute atomic E-state index is 0.131. The Hall–Kier alpha value is -2.67. The molecule has 2 heterocycles. The Balaban J connectivity index is 1.71. The van der Waals surface area contributed by atoms with Gasteiger partial charge in [-0.2, -0.15) is 0 Å². The second kappa shape index (κ2) is 8.35. The highest BCUT2D eigenvalue weighted by molar-refractivity contribution is 5.90. The molecule has 2 aromatic rings. The van der Waals surface area contributed by atoms with Crippen LogP contribution >= 0.6 is 0 Å². The maximum absolute atomic E-state index is 12.4. The highest BCUT2D eigenvalue weighted by atomic mass is 16.2. The number of rotatable bonds is 4. The van der Waals surface area contributed by atoms with Gasteiger partial charge in [0.05, 0.1) is 0 Å². The van der Waals surface area contributed by atoms with Gasteiger partial charge in [-0.15, -0.1) is 0 Å². The number of likely N-dealkylation sites (N-methyl/N-ethyl adjacent to an activating group) is 1. The van der Waals surface area contributed by atoms with Crippen LogP contribution in [0.3, 0.4) is 0 Å². The first-order valence-corrected chi connectivity index (χ1v) is 9.44. The van der Waals surface area contributed by atoms with Crippen molar-refractivity contribution in [3.05, 3.63) is 46.4 Å². The van der Waals surface area contributed by atoms with Crippen molar-refractivity contribution in [1.82, 2.24) is 20.2 Å². The molecule has 2 atom stereocenters. The van der Waals surface area contributed by atoms with Gasteiger partial charge in [-0.05, 0) is 51.9 Å². The van der Waals surface area contributed by atoms with E-state index in [-0.39, 0.29) is 17.6 Å². The molecule has 144 valence electrons. The summed E-state index contributed by atoms with van der Waals surface area (Å²) in [4.78, 5) is 33.7. The lowest BCUT2D eigenvalue weighted by atomic mass is 9.98. The number of aromatic nitrogens is 2. The molecule has 0 spiro atoms. The molecule has 2 unspecified atom stereocenters. The summed E-state index contributed by atoms with van der Waals surface area (Å²) in [7, 11) is 2.08. The molecule has 1 aromatic carbocycles. The second-order valence-electron chi connectivity index (χ2n) is 7.09. The number of carbonyl (C=O) groups excluding carboxylic acids is 1. The van der Waals surface area contributed by atoms with Gasteiger partial charge in [-0.1, -0.05) is 19.1 Å². The van der Waals surface area contributed by atoms with Crippen molar-refractivity contribution in [1.29, 1.82) is 0 Å². The molecule has 0 bridgehead atoms. The lowest BCUT2D eigenvalue weighted by Crippen LogP contribution is -2.53. The minimum Gasteiger partial charge on any atom is -0.334 e. The Kier molecular flexibility index (Phi) is 5.91. The fourth-order valence-corrected chi connectivity index (χ4v) is 3.41. The van der Waals surface area contributed by atoms with Crippen LogP contribution in [-0.4, -0.2) is 46.6 Å². The van der Waals surface area contributed by atoms with E-state index in [1.807, 2.05) is 31.2 Å². The van der Waals surface area contributed by atoms with E-state index in [1.165, 1.54) is 6.07 Å². The molecule has 1 saturated heterocycles. The number of nitrogens with zero attached hydrogens (tertiary/aromatic N) is 2. The van der Waals surface area contributed by atoms with E-state index in [4.69, 9.17) is 0 Å². The number of piperidine rings is 1. The molecule has 3 rings (SSSR count). The van der Waals surface area contributed by atoms with Crippen LogP contribution in [0.15, 0.2) is 35.1 Å². The van der Waals surface area contributed by atoms with Gasteiger partial charge in [0.15, 0.2) is 0 Å². The zero-order valence-electron chi connectivity index (χ0n) is 16.1. The number of aromatic amines is 1. The van der Waals surface area contributed by atoms with E-state index >= 15 is 0 Å². The quantitative estimate of drug-likeness (QED) is 0.773. The molecular formula is C20H27N5O2. The van der Waals surface area contributed by atoms with Gasteiger partial charge >= 0.3 is 6.03 Å². The first kappa shape index (κ1) is 19.1. The van der Waals surface area contributed by atoms with Crippen molar-refractivity contribution in [2.24, 2.45) is 0 Å². The molecule has 27 heavy (non-hydrogen) atoms. The van der Waals surface area contributed by atoms with Crippen molar-refractivity contribution in [2.45, 2.75) is 45.2 Å². The van der Waals surface area contributed by atoms with Gasteiger partial charge in [0.25, 0.3) is 5.56 Å². The number of aryl methyl sites for hydroxylation is 1. The van der Waals surface area contributed by atoms with Crippen LogP contribution in [0.25, 0.3) is 11.4 Å². The monoisotopic (exact) mass is 369 g/mol. The SMILES string of the molecule is CCc1cc(=O)[nH]c(-c2cccc(NC(=O)NC3CCCN(C)C3C)c2)n1. The van der Waals surface area contributed by atoms with E-state index < -0.39 is 0 Å². The van der Waals surface area contributed by atoms with Crippen LogP contribution in [0.1, 0.15) is 32.4 Å². The van der Waals surface area contributed by atoms with Crippen molar-refractivity contribution in [3.8, 4) is 11.4 Å². The normalized spacial score (nSPS) is 20.3. The Morgan fingerprint density at radius 1 is 1.37 bits per heavy atom. The number of likely N-dealkylation sites (tertiary alicyclic amines) is 1. The number of nitrogens with one attached hydrogen (secondary N) is 3.